The third-order valence-corrected chi connectivity index (χ3v) is 5.29. The van der Waals surface area contributed by atoms with Crippen LogP contribution in [0.3, 0.4) is 0 Å². The summed E-state index contributed by atoms with van der Waals surface area (Å²) in [6.45, 7) is 5.44. The van der Waals surface area contributed by atoms with Crippen LogP contribution >= 0.6 is 11.6 Å². The number of carbonyl (C=O) groups excluding carboxylic acids is 1. The van der Waals surface area contributed by atoms with Gasteiger partial charge in [-0.25, -0.2) is 0 Å². The zero-order valence-electron chi connectivity index (χ0n) is 16.0. The number of hydrogen-bond donors (Lipinski definition) is 3. The van der Waals surface area contributed by atoms with Crippen molar-refractivity contribution in [1.82, 2.24) is 5.32 Å². The number of hydrogen-bond acceptors (Lipinski definition) is 6. The van der Waals surface area contributed by atoms with Crippen molar-refractivity contribution in [2.24, 2.45) is 0 Å². The first-order chi connectivity index (χ1) is 13.6. The van der Waals surface area contributed by atoms with Crippen molar-refractivity contribution in [2.75, 3.05) is 10.6 Å². The minimum atomic E-state index is -0.814. The number of halogens is 1. The molecule has 146 valence electrons. The number of carbonyl (C=O) groups is 1. The number of amides is 1. The molecule has 0 spiro atoms. The van der Waals surface area contributed by atoms with Crippen LogP contribution in [0.1, 0.15) is 47.2 Å². The van der Waals surface area contributed by atoms with E-state index in [1.807, 2.05) is 13.8 Å². The third-order valence-electron chi connectivity index (χ3n) is 4.97. The highest BCUT2D eigenvalue weighted by Crippen LogP contribution is 2.41. The molecule has 3 N–H and O–H groups in total. The highest BCUT2D eigenvalue weighted by Gasteiger charge is 2.39. The maximum absolute atomic E-state index is 12.5. The Labute approximate surface area is 172 Å². The molecule has 1 atom stereocenters. The van der Waals surface area contributed by atoms with Crippen molar-refractivity contribution in [3.8, 4) is 0 Å². The topological polar surface area (TPSA) is 100 Å². The van der Waals surface area contributed by atoms with Gasteiger partial charge in [0, 0.05) is 16.5 Å². The number of benzene rings is 1. The van der Waals surface area contributed by atoms with Crippen molar-refractivity contribution in [3.63, 3.8) is 0 Å². The van der Waals surface area contributed by atoms with E-state index >= 15 is 0 Å². The summed E-state index contributed by atoms with van der Waals surface area (Å²) >= 11 is 6.30. The smallest absolute Gasteiger partial charge is 0.254 e. The maximum Gasteiger partial charge on any atom is 0.254 e. The zero-order chi connectivity index (χ0) is 21.1. The van der Waals surface area contributed by atoms with Gasteiger partial charge in [0.15, 0.2) is 0 Å². The summed E-state index contributed by atoms with van der Waals surface area (Å²) in [5, 5.41) is 9.01. The van der Waals surface area contributed by atoms with E-state index in [0.29, 0.717) is 33.4 Å². The number of furan rings is 1. The lowest BCUT2D eigenvalue weighted by Gasteiger charge is -2.21. The molecule has 1 aromatic heterocycles. The number of rotatable bonds is 5. The molecule has 1 aliphatic heterocycles. The molecule has 0 saturated carbocycles. The molecule has 1 unspecified atom stereocenters. The standard InChI is InChI=1S/C20H17BClN3O4/c1-8-4-7-11(29-8)18(21)24-15-14(16(26)17(15)27)23-10-6-5-9(22)13-12(10)19(28)25-20(13,2)3/h4-7,18,23-24H,1-3H3,(H,25,28). The third kappa shape index (κ3) is 3.04. The number of fused-ring (bicyclic) bond motifs is 1. The second-order valence-corrected chi connectivity index (χ2v) is 7.93. The normalized spacial score (nSPS) is 15.8. The van der Waals surface area contributed by atoms with Gasteiger partial charge in [-0.1, -0.05) is 11.6 Å². The molecular weight excluding hydrogens is 393 g/mol. The van der Waals surface area contributed by atoms with Gasteiger partial charge in [0.1, 0.15) is 30.7 Å². The summed E-state index contributed by atoms with van der Waals surface area (Å²) in [5.41, 5.74) is -0.620. The Morgan fingerprint density at radius 3 is 2.45 bits per heavy atom. The van der Waals surface area contributed by atoms with E-state index in [0.717, 1.165) is 0 Å². The Kier molecular flexibility index (Phi) is 4.35. The highest BCUT2D eigenvalue weighted by molar-refractivity contribution is 6.32. The molecule has 2 aromatic carbocycles. The molecule has 9 heteroatoms. The molecule has 0 aliphatic carbocycles. The summed E-state index contributed by atoms with van der Waals surface area (Å²) < 4.78 is 5.45. The lowest BCUT2D eigenvalue weighted by atomic mass is 9.92. The molecule has 0 bridgehead atoms. The van der Waals surface area contributed by atoms with Crippen LogP contribution in [-0.2, 0) is 5.54 Å². The van der Waals surface area contributed by atoms with E-state index < -0.39 is 22.3 Å². The summed E-state index contributed by atoms with van der Waals surface area (Å²) in [4.78, 5) is 36.8. The largest absolute Gasteiger partial charge is 0.465 e. The van der Waals surface area contributed by atoms with Gasteiger partial charge < -0.3 is 20.4 Å². The Morgan fingerprint density at radius 1 is 1.10 bits per heavy atom. The van der Waals surface area contributed by atoms with Gasteiger partial charge in [-0.2, -0.15) is 0 Å². The molecular formula is C20H17BClN3O4. The van der Waals surface area contributed by atoms with Crippen LogP contribution < -0.4 is 26.8 Å². The van der Waals surface area contributed by atoms with Gasteiger partial charge in [0.25, 0.3) is 16.8 Å². The quantitative estimate of drug-likeness (QED) is 0.442. The molecule has 4 rings (SSSR count). The summed E-state index contributed by atoms with van der Waals surface area (Å²) in [6, 6.07) is 6.67. The van der Waals surface area contributed by atoms with E-state index in [4.69, 9.17) is 23.9 Å². The molecule has 7 nitrogen and oxygen atoms in total. The van der Waals surface area contributed by atoms with Crippen LogP contribution in [0.4, 0.5) is 17.1 Å². The highest BCUT2D eigenvalue weighted by atomic mass is 35.5. The van der Waals surface area contributed by atoms with Crippen molar-refractivity contribution in [1.29, 1.82) is 0 Å². The fraction of sp³-hybridized carbons (Fsp3) is 0.250. The fourth-order valence-electron chi connectivity index (χ4n) is 3.57. The predicted octanol–water partition coefficient (Wildman–Crippen LogP) is 2.84. The number of nitrogens with one attached hydrogen (secondary N) is 3. The lowest BCUT2D eigenvalue weighted by molar-refractivity contribution is 0.0941. The monoisotopic (exact) mass is 409 g/mol. The summed E-state index contributed by atoms with van der Waals surface area (Å²) in [7, 11) is 6.04. The molecule has 1 aliphatic rings. The predicted molar refractivity (Wildman–Crippen MR) is 112 cm³/mol. The molecule has 2 heterocycles. The SMILES string of the molecule is [B]C(Nc1c(Nc2ccc(Cl)c3c2C(=O)NC3(C)C)c(=O)c1=O)c1ccc(C)o1. The van der Waals surface area contributed by atoms with E-state index in [1.54, 1.807) is 31.2 Å². The van der Waals surface area contributed by atoms with Crippen LogP contribution in [0.2, 0.25) is 5.02 Å². The van der Waals surface area contributed by atoms with Gasteiger partial charge >= 0.3 is 0 Å². The first kappa shape index (κ1) is 19.3. The molecule has 1 amide bonds. The van der Waals surface area contributed by atoms with Crippen LogP contribution in [0, 0.1) is 6.92 Å². The Hall–Kier alpha value is -3.00. The number of anilines is 3. The van der Waals surface area contributed by atoms with Crippen molar-refractivity contribution < 1.29 is 9.21 Å². The Bertz CT molecular complexity index is 1220. The first-order valence-corrected chi connectivity index (χ1v) is 9.32. The number of aryl methyl sites for hydroxylation is 1. The van der Waals surface area contributed by atoms with Crippen LogP contribution in [0.5, 0.6) is 0 Å². The van der Waals surface area contributed by atoms with Gasteiger partial charge in [-0.3, -0.25) is 14.4 Å². The van der Waals surface area contributed by atoms with Crippen LogP contribution in [0.25, 0.3) is 0 Å². The van der Waals surface area contributed by atoms with Gasteiger partial charge in [0.2, 0.25) is 0 Å². The molecule has 29 heavy (non-hydrogen) atoms. The zero-order valence-corrected chi connectivity index (χ0v) is 16.7. The van der Waals surface area contributed by atoms with Gasteiger partial charge in [-0.05, 0) is 45.0 Å². The first-order valence-electron chi connectivity index (χ1n) is 8.94. The minimum absolute atomic E-state index is 0.0377. The van der Waals surface area contributed by atoms with Crippen molar-refractivity contribution in [2.45, 2.75) is 32.3 Å². The molecule has 3 aromatic rings. The average molecular weight is 410 g/mol. The van der Waals surface area contributed by atoms with E-state index in [2.05, 4.69) is 16.0 Å². The second-order valence-electron chi connectivity index (χ2n) is 7.53. The summed E-state index contributed by atoms with van der Waals surface area (Å²) in [6.07, 6.45) is 0. The van der Waals surface area contributed by atoms with Crippen LogP contribution in [-0.4, -0.2) is 13.8 Å². The maximum atomic E-state index is 12.5. The molecule has 0 saturated heterocycles. The molecule has 0 fully saturated rings. The average Bonchev–Trinajstić information content (AvgIpc) is 3.20. The Balaban J connectivity index is 1.69. The Morgan fingerprint density at radius 2 is 1.79 bits per heavy atom. The van der Waals surface area contributed by atoms with Crippen molar-refractivity contribution in [3.05, 3.63) is 72.4 Å². The van der Waals surface area contributed by atoms with E-state index in [-0.39, 0.29) is 17.3 Å². The van der Waals surface area contributed by atoms with E-state index in [1.165, 1.54) is 0 Å². The fourth-order valence-corrected chi connectivity index (χ4v) is 3.96. The van der Waals surface area contributed by atoms with Gasteiger partial charge in [0.05, 0.1) is 16.8 Å². The van der Waals surface area contributed by atoms with Crippen molar-refractivity contribution >= 4 is 42.4 Å². The second kappa shape index (κ2) is 6.52. The summed E-state index contributed by atoms with van der Waals surface area (Å²) in [5.74, 6) is -0.0300. The van der Waals surface area contributed by atoms with Gasteiger partial charge in [-0.15, -0.1) is 0 Å². The van der Waals surface area contributed by atoms with Crippen LogP contribution in [0.15, 0.2) is 38.3 Å². The molecule has 2 radical (unpaired) electrons. The van der Waals surface area contributed by atoms with E-state index in [9.17, 15) is 14.4 Å². The lowest BCUT2D eigenvalue weighted by Crippen LogP contribution is -2.37. The minimum Gasteiger partial charge on any atom is -0.465 e.